The van der Waals surface area contributed by atoms with Crippen molar-refractivity contribution in [1.82, 2.24) is 0 Å². The Bertz CT molecular complexity index is 1590. The number of allylic oxidation sites excluding steroid dienone is 1. The normalized spacial score (nSPS) is 15.6. The summed E-state index contributed by atoms with van der Waals surface area (Å²) in [6.07, 6.45) is 1.84. The molecule has 3 aromatic carbocycles. The van der Waals surface area contributed by atoms with Crippen molar-refractivity contribution in [3.63, 3.8) is 0 Å². The average molecular weight is 634 g/mol. The zero-order valence-corrected chi connectivity index (χ0v) is 22.8. The van der Waals surface area contributed by atoms with Gasteiger partial charge in [-0.1, -0.05) is 0 Å². The molecule has 34 heavy (non-hydrogen) atoms. The Morgan fingerprint density at radius 2 is 1.41 bits per heavy atom. The van der Waals surface area contributed by atoms with Crippen molar-refractivity contribution < 1.29 is 9.59 Å². The molecule has 0 fully saturated rings. The van der Waals surface area contributed by atoms with E-state index in [0.29, 0.717) is 16.7 Å². The van der Waals surface area contributed by atoms with Gasteiger partial charge in [-0.15, -0.1) is 0 Å². The second-order valence-electron chi connectivity index (χ2n) is 8.12. The van der Waals surface area contributed by atoms with Crippen LogP contribution in [0.1, 0.15) is 25.2 Å². The molecular weight excluding hydrogens is 619 g/mol. The SMILES string of the molecule is O=C1C(=Cc2ccc(N3c4ccccc4[Se]c4ccccc43)[se]2)C(=O)c2cc3[se]ccc3cc21. The van der Waals surface area contributed by atoms with Crippen LogP contribution in [-0.2, 0) is 0 Å². The molecule has 1 aliphatic heterocycles. The van der Waals surface area contributed by atoms with Gasteiger partial charge in [-0.05, 0) is 0 Å². The number of para-hydroxylation sites is 2. The van der Waals surface area contributed by atoms with Crippen LogP contribution in [0.4, 0.5) is 15.9 Å². The molecule has 7 rings (SSSR count). The summed E-state index contributed by atoms with van der Waals surface area (Å²) < 4.78 is 6.20. The predicted octanol–water partition coefficient (Wildman–Crippen LogP) is 3.85. The van der Waals surface area contributed by atoms with Crippen LogP contribution >= 0.6 is 0 Å². The van der Waals surface area contributed by atoms with Gasteiger partial charge in [-0.2, -0.15) is 0 Å². The molecule has 0 N–H and O–H groups in total. The fraction of sp³-hybridized carbons (Fsp3) is 0. The molecule has 0 bridgehead atoms. The van der Waals surface area contributed by atoms with Crippen LogP contribution in [0, 0.1) is 0 Å². The van der Waals surface area contributed by atoms with Gasteiger partial charge in [0.05, 0.1) is 0 Å². The van der Waals surface area contributed by atoms with E-state index in [-0.39, 0.29) is 55.5 Å². The number of hydrogen-bond donors (Lipinski definition) is 0. The summed E-state index contributed by atoms with van der Waals surface area (Å²) >= 11 is 0.512. The summed E-state index contributed by atoms with van der Waals surface area (Å²) in [7, 11) is 0. The second kappa shape index (κ2) is 7.93. The first-order valence-corrected chi connectivity index (χ1v) is 16.0. The Kier molecular flexibility index (Phi) is 4.82. The molecule has 0 saturated heterocycles. The van der Waals surface area contributed by atoms with Crippen LogP contribution in [-0.4, -0.2) is 55.5 Å². The van der Waals surface area contributed by atoms with Gasteiger partial charge in [-0.25, -0.2) is 0 Å². The number of anilines is 3. The van der Waals surface area contributed by atoms with Crippen LogP contribution in [0.15, 0.2) is 89.4 Å². The molecule has 0 radical (unpaired) electrons. The van der Waals surface area contributed by atoms with Crippen LogP contribution < -0.4 is 13.8 Å². The molecule has 2 aromatic heterocycles. The third-order valence-electron chi connectivity index (χ3n) is 6.12. The van der Waals surface area contributed by atoms with Crippen molar-refractivity contribution in [1.29, 1.82) is 0 Å². The Labute approximate surface area is 214 Å². The van der Waals surface area contributed by atoms with E-state index in [9.17, 15) is 9.59 Å². The summed E-state index contributed by atoms with van der Waals surface area (Å²) in [6.45, 7) is 0. The number of Topliss-reactive ketones (excluding diaryl/α,β-unsaturated/α-hetero) is 2. The van der Waals surface area contributed by atoms with E-state index >= 15 is 0 Å². The predicted molar refractivity (Wildman–Crippen MR) is 141 cm³/mol. The van der Waals surface area contributed by atoms with Gasteiger partial charge in [0, 0.05) is 0 Å². The molecule has 0 unspecified atom stereocenters. The Morgan fingerprint density at radius 3 is 2.15 bits per heavy atom. The van der Waals surface area contributed by atoms with Crippen molar-refractivity contribution >= 4 is 96.1 Å². The van der Waals surface area contributed by atoms with Crippen molar-refractivity contribution in [2.45, 2.75) is 0 Å². The average Bonchev–Trinajstić information content (AvgIpc) is 3.57. The summed E-state index contributed by atoms with van der Waals surface area (Å²) in [5.41, 5.74) is 3.91. The number of carbonyl (C=O) groups is 2. The number of nitrogens with zero attached hydrogens (tertiary/aromatic N) is 1. The van der Waals surface area contributed by atoms with Gasteiger partial charge >= 0.3 is 216 Å². The summed E-state index contributed by atoms with van der Waals surface area (Å²) in [5, 5.41) is 1.08. The van der Waals surface area contributed by atoms with Crippen LogP contribution in [0.2, 0.25) is 0 Å². The van der Waals surface area contributed by atoms with E-state index in [1.165, 1.54) is 29.1 Å². The monoisotopic (exact) mass is 637 g/mol. The molecule has 0 amide bonds. The maximum atomic E-state index is 13.2. The maximum absolute atomic E-state index is 13.2. The van der Waals surface area contributed by atoms with Gasteiger partial charge < -0.3 is 0 Å². The van der Waals surface area contributed by atoms with Gasteiger partial charge in [0.1, 0.15) is 0 Å². The molecule has 3 nitrogen and oxygen atoms in total. The van der Waals surface area contributed by atoms with E-state index in [1.807, 2.05) is 18.2 Å². The Morgan fingerprint density at radius 1 is 0.735 bits per heavy atom. The zero-order chi connectivity index (χ0) is 22.8. The third-order valence-corrected chi connectivity index (χ3v) is 12.5. The summed E-state index contributed by atoms with van der Waals surface area (Å²) in [4.78, 5) is 30.8. The first kappa shape index (κ1) is 20.7. The van der Waals surface area contributed by atoms with Gasteiger partial charge in [0.25, 0.3) is 0 Å². The Hall–Kier alpha value is -2.68. The van der Waals surface area contributed by atoms with Crippen LogP contribution in [0.25, 0.3) is 15.7 Å². The fourth-order valence-corrected chi connectivity index (χ4v) is 10.5. The van der Waals surface area contributed by atoms with E-state index in [4.69, 9.17) is 0 Å². The van der Waals surface area contributed by atoms with E-state index < -0.39 is 0 Å². The Balaban J connectivity index is 1.30. The van der Waals surface area contributed by atoms with Crippen molar-refractivity contribution in [3.8, 4) is 0 Å². The number of ketones is 2. The molecule has 0 saturated carbocycles. The standard InChI is InChI=1S/C28H15NO2Se3/c30-27-18-13-16-11-12-32-25(16)15-19(18)28(31)20(27)14-17-9-10-26(33-17)29-21-5-1-3-7-23(21)34-24-8-4-2-6-22(24)29/h1-15H. The molecule has 2 aliphatic rings. The summed E-state index contributed by atoms with van der Waals surface area (Å²) in [5.74, 6) is -0.274. The first-order valence-electron chi connectivity index (χ1n) is 10.8. The van der Waals surface area contributed by atoms with E-state index in [2.05, 4.69) is 76.6 Å². The molecule has 162 valence electrons. The second-order valence-corrected chi connectivity index (χ2v) is 14.7. The van der Waals surface area contributed by atoms with Crippen LogP contribution in [0.5, 0.6) is 0 Å². The van der Waals surface area contributed by atoms with Crippen molar-refractivity contribution in [2.75, 3.05) is 4.90 Å². The first-order chi connectivity index (χ1) is 16.7. The van der Waals surface area contributed by atoms with Crippen LogP contribution in [0.3, 0.4) is 0 Å². The van der Waals surface area contributed by atoms with Gasteiger partial charge in [0.2, 0.25) is 0 Å². The van der Waals surface area contributed by atoms with Gasteiger partial charge in [0.15, 0.2) is 0 Å². The third kappa shape index (κ3) is 3.16. The molecule has 1 aliphatic carbocycles. The molecule has 0 spiro atoms. The number of rotatable bonds is 2. The molecular formula is C28H15NO2Se3. The minimum atomic E-state index is -0.142. The zero-order valence-electron chi connectivity index (χ0n) is 17.6. The van der Waals surface area contributed by atoms with E-state index in [0.717, 1.165) is 9.82 Å². The topological polar surface area (TPSA) is 37.4 Å². The fourth-order valence-electron chi connectivity index (χ4n) is 4.53. The van der Waals surface area contributed by atoms with E-state index in [1.54, 1.807) is 0 Å². The number of benzene rings is 3. The molecule has 5 aromatic rings. The van der Waals surface area contributed by atoms with Crippen molar-refractivity contribution in [2.24, 2.45) is 0 Å². The number of hydrogen-bond acceptors (Lipinski definition) is 3. The van der Waals surface area contributed by atoms with Crippen molar-refractivity contribution in [3.05, 3.63) is 105 Å². The quantitative estimate of drug-likeness (QED) is 0.165. The number of fused-ring (bicyclic) bond motifs is 4. The summed E-state index contributed by atoms with van der Waals surface area (Å²) in [6, 6.07) is 27.3. The number of carbonyl (C=O) groups excluding carboxylic acids is 2. The molecule has 6 heteroatoms. The molecule has 0 atom stereocenters. The molecule has 3 heterocycles. The minimum absolute atomic E-state index is 0.0134. The van der Waals surface area contributed by atoms with Gasteiger partial charge in [-0.3, -0.25) is 0 Å².